The first-order chi connectivity index (χ1) is 12.9. The van der Waals surface area contributed by atoms with Gasteiger partial charge in [0.25, 0.3) is 17.7 Å². The number of aryl methyl sites for hydroxylation is 1. The molecule has 1 aromatic carbocycles. The third-order valence-corrected chi connectivity index (χ3v) is 7.13. The van der Waals surface area contributed by atoms with Gasteiger partial charge in [0.2, 0.25) is 5.91 Å². The molecule has 6 nitrogen and oxygen atoms in total. The van der Waals surface area contributed by atoms with Crippen molar-refractivity contribution in [2.24, 2.45) is 11.8 Å². The number of hydrogen-bond donors (Lipinski definition) is 1. The first kappa shape index (κ1) is 16.7. The number of imide groups is 2. The van der Waals surface area contributed by atoms with Gasteiger partial charge < -0.3 is 0 Å². The van der Waals surface area contributed by atoms with Crippen molar-refractivity contribution in [1.29, 1.82) is 0 Å². The van der Waals surface area contributed by atoms with E-state index in [1.807, 2.05) is 13.0 Å². The van der Waals surface area contributed by atoms with Gasteiger partial charge in [-0.15, -0.1) is 0 Å². The van der Waals surface area contributed by atoms with E-state index in [2.05, 4.69) is 12.2 Å². The molecule has 6 heteroatoms. The summed E-state index contributed by atoms with van der Waals surface area (Å²) in [4.78, 5) is 52.0. The Morgan fingerprint density at radius 3 is 2.44 bits per heavy atom. The first-order valence-corrected chi connectivity index (χ1v) is 9.76. The Kier molecular flexibility index (Phi) is 3.25. The quantitative estimate of drug-likeness (QED) is 0.832. The molecule has 3 heterocycles. The predicted octanol–water partition coefficient (Wildman–Crippen LogP) is 2.30. The topological polar surface area (TPSA) is 83.6 Å². The second-order valence-electron chi connectivity index (χ2n) is 8.53. The lowest BCUT2D eigenvalue weighted by atomic mass is 9.63. The highest BCUT2D eigenvalue weighted by atomic mass is 16.2. The average Bonchev–Trinajstić information content (AvgIpc) is 2.78. The van der Waals surface area contributed by atoms with E-state index in [9.17, 15) is 19.2 Å². The van der Waals surface area contributed by atoms with E-state index in [0.29, 0.717) is 23.0 Å². The van der Waals surface area contributed by atoms with Crippen LogP contribution in [0.5, 0.6) is 0 Å². The van der Waals surface area contributed by atoms with Gasteiger partial charge in [-0.1, -0.05) is 25.0 Å². The molecule has 2 aliphatic carbocycles. The Bertz CT molecular complexity index is 926. The lowest BCUT2D eigenvalue weighted by molar-refractivity contribution is -0.158. The number of nitrogens with one attached hydrogen (secondary N) is 1. The monoisotopic (exact) mass is 366 g/mol. The Balaban J connectivity index is 1.59. The average molecular weight is 366 g/mol. The second kappa shape index (κ2) is 5.27. The third-order valence-electron chi connectivity index (χ3n) is 7.13. The van der Waals surface area contributed by atoms with Gasteiger partial charge in [0.05, 0.1) is 11.1 Å². The minimum atomic E-state index is -1.19. The van der Waals surface area contributed by atoms with Crippen molar-refractivity contribution < 1.29 is 19.2 Å². The van der Waals surface area contributed by atoms with E-state index >= 15 is 0 Å². The van der Waals surface area contributed by atoms with Gasteiger partial charge >= 0.3 is 0 Å². The SMILES string of the molecule is CCC1CCC1c1cc(C)cc2c1C(=O)N(C13CC(C1)C(=O)NC3=O)C2=O. The van der Waals surface area contributed by atoms with Gasteiger partial charge in [-0.3, -0.25) is 29.4 Å². The molecule has 2 unspecified atom stereocenters. The van der Waals surface area contributed by atoms with Crippen LogP contribution in [-0.4, -0.2) is 34.1 Å². The summed E-state index contributed by atoms with van der Waals surface area (Å²) >= 11 is 0. The standard InChI is InChI=1S/C21H22N2O4/c1-3-11-4-5-13(11)14-6-10(2)7-15-16(14)19(26)23(18(15)25)21-8-12(9-21)17(24)22-20(21)27/h6-7,11-13H,3-5,8-9H2,1-2H3,(H,22,24,27). The molecule has 5 aliphatic rings. The molecule has 2 atom stereocenters. The zero-order chi connectivity index (χ0) is 19.1. The smallest absolute Gasteiger partial charge is 0.262 e. The molecule has 2 saturated carbocycles. The van der Waals surface area contributed by atoms with Crippen LogP contribution in [0.4, 0.5) is 0 Å². The minimum Gasteiger partial charge on any atom is -0.294 e. The molecule has 1 aromatic rings. The van der Waals surface area contributed by atoms with E-state index in [1.54, 1.807) is 6.07 Å². The zero-order valence-corrected chi connectivity index (χ0v) is 15.5. The second-order valence-corrected chi connectivity index (χ2v) is 8.53. The highest BCUT2D eigenvalue weighted by Gasteiger charge is 2.65. The van der Waals surface area contributed by atoms with E-state index < -0.39 is 17.4 Å². The van der Waals surface area contributed by atoms with Gasteiger partial charge in [0.1, 0.15) is 5.54 Å². The molecule has 2 saturated heterocycles. The summed E-state index contributed by atoms with van der Waals surface area (Å²) in [5.74, 6) is -1.02. The van der Waals surface area contributed by atoms with Gasteiger partial charge in [-0.2, -0.15) is 0 Å². The molecule has 0 aromatic heterocycles. The predicted molar refractivity (Wildman–Crippen MR) is 96.0 cm³/mol. The summed E-state index contributed by atoms with van der Waals surface area (Å²) in [6.45, 7) is 4.09. The number of carbonyl (C=O) groups is 4. The summed E-state index contributed by atoms with van der Waals surface area (Å²) < 4.78 is 0. The number of fused-ring (bicyclic) bond motifs is 3. The van der Waals surface area contributed by atoms with E-state index in [-0.39, 0.29) is 30.6 Å². The minimum absolute atomic E-state index is 0.248. The van der Waals surface area contributed by atoms with Crippen LogP contribution >= 0.6 is 0 Å². The molecule has 27 heavy (non-hydrogen) atoms. The van der Waals surface area contributed by atoms with E-state index in [0.717, 1.165) is 35.3 Å². The van der Waals surface area contributed by atoms with Crippen LogP contribution in [0.25, 0.3) is 0 Å². The lowest BCUT2D eigenvalue weighted by Crippen LogP contribution is -2.74. The fourth-order valence-corrected chi connectivity index (χ4v) is 5.44. The van der Waals surface area contributed by atoms with Crippen molar-refractivity contribution in [1.82, 2.24) is 10.2 Å². The van der Waals surface area contributed by atoms with E-state index in [1.165, 1.54) is 0 Å². The van der Waals surface area contributed by atoms with Crippen LogP contribution < -0.4 is 5.32 Å². The fraction of sp³-hybridized carbons (Fsp3) is 0.524. The Morgan fingerprint density at radius 1 is 1.11 bits per heavy atom. The molecule has 4 amide bonds. The maximum Gasteiger partial charge on any atom is 0.262 e. The molecule has 0 radical (unpaired) electrons. The number of nitrogens with zero attached hydrogens (tertiary/aromatic N) is 1. The third kappa shape index (κ3) is 1.96. The van der Waals surface area contributed by atoms with Crippen molar-refractivity contribution in [3.05, 3.63) is 34.4 Å². The number of carbonyl (C=O) groups excluding carboxylic acids is 4. The molecule has 1 N–H and O–H groups in total. The number of rotatable bonds is 3. The van der Waals surface area contributed by atoms with Crippen molar-refractivity contribution in [3.63, 3.8) is 0 Å². The van der Waals surface area contributed by atoms with Crippen LogP contribution in [0.3, 0.4) is 0 Å². The molecule has 6 rings (SSSR count). The molecule has 3 aliphatic heterocycles. The van der Waals surface area contributed by atoms with Crippen LogP contribution in [0, 0.1) is 18.8 Å². The highest BCUT2D eigenvalue weighted by Crippen LogP contribution is 2.51. The van der Waals surface area contributed by atoms with Crippen LogP contribution in [0.15, 0.2) is 12.1 Å². The van der Waals surface area contributed by atoms with Gasteiger partial charge in [0, 0.05) is 5.92 Å². The molecular weight excluding hydrogens is 344 g/mol. The summed E-state index contributed by atoms with van der Waals surface area (Å²) in [5, 5.41) is 2.33. The van der Waals surface area contributed by atoms with Gasteiger partial charge in [0.15, 0.2) is 0 Å². The fourth-order valence-electron chi connectivity index (χ4n) is 5.44. The Morgan fingerprint density at radius 2 is 1.85 bits per heavy atom. The molecule has 140 valence electrons. The first-order valence-electron chi connectivity index (χ1n) is 9.76. The van der Waals surface area contributed by atoms with Gasteiger partial charge in [-0.25, -0.2) is 0 Å². The maximum atomic E-state index is 13.4. The Hall–Kier alpha value is -2.50. The summed E-state index contributed by atoms with van der Waals surface area (Å²) in [6, 6.07) is 3.79. The largest absolute Gasteiger partial charge is 0.294 e. The number of piperidine rings is 2. The molecule has 0 spiro atoms. The van der Waals surface area contributed by atoms with Crippen LogP contribution in [0.2, 0.25) is 0 Å². The van der Waals surface area contributed by atoms with Crippen molar-refractivity contribution in [2.45, 2.75) is 57.4 Å². The Labute approximate surface area is 157 Å². The number of benzene rings is 1. The van der Waals surface area contributed by atoms with Crippen LogP contribution in [-0.2, 0) is 9.59 Å². The van der Waals surface area contributed by atoms with Crippen molar-refractivity contribution in [2.75, 3.05) is 0 Å². The maximum absolute atomic E-state index is 13.4. The molecule has 4 fully saturated rings. The number of amides is 4. The van der Waals surface area contributed by atoms with Crippen LogP contribution in [0.1, 0.15) is 76.8 Å². The highest BCUT2D eigenvalue weighted by molar-refractivity contribution is 6.25. The molecular formula is C21H22N2O4. The number of hydrogen-bond acceptors (Lipinski definition) is 4. The van der Waals surface area contributed by atoms with E-state index in [4.69, 9.17) is 0 Å². The normalized spacial score (nSPS) is 34.1. The summed E-state index contributed by atoms with van der Waals surface area (Å²) in [5.41, 5.74) is 1.63. The summed E-state index contributed by atoms with van der Waals surface area (Å²) in [7, 11) is 0. The van der Waals surface area contributed by atoms with Crippen molar-refractivity contribution in [3.8, 4) is 0 Å². The van der Waals surface area contributed by atoms with Gasteiger partial charge in [-0.05, 0) is 56.1 Å². The zero-order valence-electron chi connectivity index (χ0n) is 15.5. The lowest BCUT2D eigenvalue weighted by Gasteiger charge is -2.52. The molecule has 2 bridgehead atoms. The van der Waals surface area contributed by atoms with Crippen molar-refractivity contribution >= 4 is 23.6 Å². The summed E-state index contributed by atoms with van der Waals surface area (Å²) in [6.07, 6.45) is 3.72.